The van der Waals surface area contributed by atoms with E-state index in [1.165, 1.54) is 28.2 Å². The third-order valence-corrected chi connectivity index (χ3v) is 6.31. The fourth-order valence-electron chi connectivity index (χ4n) is 4.52. The molecule has 0 radical (unpaired) electrons. The van der Waals surface area contributed by atoms with Crippen LogP contribution < -0.4 is 15.0 Å². The van der Waals surface area contributed by atoms with Crippen molar-refractivity contribution < 1.29 is 19.2 Å². The number of amides is 3. The minimum atomic E-state index is -0.637. The molecular weight excluding hydrogens is 342 g/mol. The Hall–Kier alpha value is -2.08. The first-order valence-electron chi connectivity index (χ1n) is 10.2. The summed E-state index contributed by atoms with van der Waals surface area (Å²) in [6.45, 7) is 1.28. The number of nitrogens with one attached hydrogen (secondary N) is 2. The van der Waals surface area contributed by atoms with Crippen LogP contribution in [0.2, 0.25) is 0 Å². The minimum absolute atomic E-state index is 0.00211. The van der Waals surface area contributed by atoms with Crippen LogP contribution in [-0.4, -0.2) is 42.2 Å². The van der Waals surface area contributed by atoms with Gasteiger partial charge in [0.2, 0.25) is 0 Å². The van der Waals surface area contributed by atoms with Crippen molar-refractivity contribution in [2.24, 2.45) is 0 Å². The Morgan fingerprint density at radius 2 is 1.78 bits per heavy atom. The lowest BCUT2D eigenvalue weighted by molar-refractivity contribution is -0.931. The number of imide groups is 1. The molecule has 3 aliphatic rings. The number of benzene rings is 1. The molecule has 1 saturated heterocycles. The van der Waals surface area contributed by atoms with Crippen molar-refractivity contribution in [1.82, 2.24) is 10.2 Å². The second kappa shape index (κ2) is 7.50. The number of carbonyl (C=O) groups excluding carboxylic acids is 2. The van der Waals surface area contributed by atoms with Gasteiger partial charge in [-0.1, -0.05) is 25.7 Å². The van der Waals surface area contributed by atoms with E-state index < -0.39 is 5.54 Å². The van der Waals surface area contributed by atoms with E-state index in [-0.39, 0.29) is 11.9 Å². The normalized spacial score (nSPS) is 23.2. The van der Waals surface area contributed by atoms with Crippen LogP contribution in [0, 0.1) is 0 Å². The van der Waals surface area contributed by atoms with E-state index in [1.807, 2.05) is 12.1 Å². The predicted octanol–water partition coefficient (Wildman–Crippen LogP) is 1.84. The Morgan fingerprint density at radius 3 is 2.37 bits per heavy atom. The Kier molecular flexibility index (Phi) is 5.08. The summed E-state index contributed by atoms with van der Waals surface area (Å²) in [6, 6.07) is 8.41. The Balaban J connectivity index is 1.46. The highest BCUT2D eigenvalue weighted by Gasteiger charge is 2.52. The smallest absolute Gasteiger partial charge is 0.329 e. The average molecular weight is 372 g/mol. The van der Waals surface area contributed by atoms with E-state index in [1.54, 1.807) is 7.11 Å². The summed E-state index contributed by atoms with van der Waals surface area (Å²) < 4.78 is 5.23. The monoisotopic (exact) mass is 372 g/mol. The highest BCUT2D eigenvalue weighted by Crippen LogP contribution is 2.32. The Morgan fingerprint density at radius 1 is 1.11 bits per heavy atom. The van der Waals surface area contributed by atoms with Crippen molar-refractivity contribution in [2.45, 2.75) is 69.5 Å². The first-order chi connectivity index (χ1) is 13.1. The molecule has 1 aliphatic heterocycles. The molecule has 6 nitrogen and oxygen atoms in total. The van der Waals surface area contributed by atoms with Crippen LogP contribution in [0.15, 0.2) is 24.3 Å². The molecule has 0 aromatic heterocycles. The number of ether oxygens (including phenoxy) is 1. The summed E-state index contributed by atoms with van der Waals surface area (Å²) in [6.07, 6.45) is 8.25. The fourth-order valence-corrected chi connectivity index (χ4v) is 4.52. The van der Waals surface area contributed by atoms with Crippen molar-refractivity contribution in [3.63, 3.8) is 0 Å². The van der Waals surface area contributed by atoms with Crippen molar-refractivity contribution in [2.75, 3.05) is 13.8 Å². The third kappa shape index (κ3) is 3.81. The summed E-state index contributed by atoms with van der Waals surface area (Å²) in [7, 11) is 1.66. The standard InChI is InChI=1S/C21H29N3O3/c1-27-18-10-6-16(7-11-18)14-23(17-8-9-17)15-24-19(25)21(22-20(24)26)12-4-2-3-5-13-21/h6-7,10-11,17H,2-5,8-9,12-15H2,1H3,(H,22,26)/p+1. The van der Waals surface area contributed by atoms with E-state index in [2.05, 4.69) is 17.4 Å². The van der Waals surface area contributed by atoms with Gasteiger partial charge in [-0.3, -0.25) is 4.79 Å². The number of hydrogen-bond acceptors (Lipinski definition) is 3. The molecule has 6 heteroatoms. The van der Waals surface area contributed by atoms with E-state index in [4.69, 9.17) is 4.74 Å². The summed E-state index contributed by atoms with van der Waals surface area (Å²) in [4.78, 5) is 28.6. The highest BCUT2D eigenvalue weighted by atomic mass is 16.5. The molecule has 1 aromatic carbocycles. The molecule has 3 fully saturated rings. The van der Waals surface area contributed by atoms with Crippen LogP contribution in [-0.2, 0) is 11.3 Å². The molecule has 1 unspecified atom stereocenters. The Labute approximate surface area is 160 Å². The Bertz CT molecular complexity index is 691. The zero-order valence-electron chi connectivity index (χ0n) is 16.1. The summed E-state index contributed by atoms with van der Waals surface area (Å²) in [5.74, 6) is 0.846. The molecule has 3 amide bonds. The zero-order chi connectivity index (χ0) is 18.9. The number of rotatable bonds is 6. The van der Waals surface area contributed by atoms with Crippen LogP contribution in [0.25, 0.3) is 0 Å². The molecule has 1 heterocycles. The SMILES string of the molecule is COc1ccc(C[NH+](CN2C(=O)NC3(CCCCCC3)C2=O)C2CC2)cc1. The molecule has 1 aromatic rings. The number of methoxy groups -OCH3 is 1. The second-order valence-corrected chi connectivity index (χ2v) is 8.28. The van der Waals surface area contributed by atoms with Gasteiger partial charge in [-0.05, 0) is 37.1 Å². The van der Waals surface area contributed by atoms with E-state index in [9.17, 15) is 9.59 Å². The van der Waals surface area contributed by atoms with Gasteiger partial charge in [0.05, 0.1) is 13.2 Å². The predicted molar refractivity (Wildman–Crippen MR) is 101 cm³/mol. The lowest BCUT2D eigenvalue weighted by atomic mass is 9.90. The second-order valence-electron chi connectivity index (χ2n) is 8.28. The lowest BCUT2D eigenvalue weighted by Gasteiger charge is -2.26. The van der Waals surface area contributed by atoms with Gasteiger partial charge in [-0.15, -0.1) is 0 Å². The average Bonchev–Trinajstić information content (AvgIpc) is 3.50. The van der Waals surface area contributed by atoms with Crippen LogP contribution in [0.3, 0.4) is 0 Å². The van der Waals surface area contributed by atoms with E-state index in [0.29, 0.717) is 12.7 Å². The number of hydrogen-bond donors (Lipinski definition) is 2. The molecule has 2 aliphatic carbocycles. The van der Waals surface area contributed by atoms with Gasteiger partial charge >= 0.3 is 6.03 Å². The lowest BCUT2D eigenvalue weighted by Crippen LogP contribution is -3.13. The maximum absolute atomic E-state index is 13.2. The van der Waals surface area contributed by atoms with Gasteiger partial charge in [0.1, 0.15) is 17.8 Å². The van der Waals surface area contributed by atoms with Crippen molar-refractivity contribution >= 4 is 11.9 Å². The number of carbonyl (C=O) groups is 2. The molecule has 27 heavy (non-hydrogen) atoms. The number of urea groups is 1. The molecule has 2 N–H and O–H groups in total. The summed E-state index contributed by atoms with van der Waals surface area (Å²) >= 11 is 0. The molecule has 4 rings (SSSR count). The maximum Gasteiger partial charge on any atom is 0.329 e. The van der Waals surface area contributed by atoms with Gasteiger partial charge in [0.25, 0.3) is 5.91 Å². The summed E-state index contributed by atoms with van der Waals surface area (Å²) in [5.41, 5.74) is 0.566. The van der Waals surface area contributed by atoms with E-state index >= 15 is 0 Å². The van der Waals surface area contributed by atoms with Gasteiger partial charge < -0.3 is 15.0 Å². The first kappa shape index (κ1) is 18.3. The third-order valence-electron chi connectivity index (χ3n) is 6.31. The van der Waals surface area contributed by atoms with Gasteiger partial charge in [-0.25, -0.2) is 9.69 Å². The molecule has 2 saturated carbocycles. The van der Waals surface area contributed by atoms with Crippen LogP contribution in [0.4, 0.5) is 4.79 Å². The van der Waals surface area contributed by atoms with Crippen molar-refractivity contribution in [1.29, 1.82) is 0 Å². The van der Waals surface area contributed by atoms with Crippen LogP contribution in [0.1, 0.15) is 56.9 Å². The molecular formula is C21H30N3O3+. The zero-order valence-corrected chi connectivity index (χ0v) is 16.1. The quantitative estimate of drug-likeness (QED) is 0.749. The highest BCUT2D eigenvalue weighted by molar-refractivity contribution is 6.06. The molecule has 0 bridgehead atoms. The first-order valence-corrected chi connectivity index (χ1v) is 10.2. The largest absolute Gasteiger partial charge is 0.497 e. The van der Waals surface area contributed by atoms with E-state index in [0.717, 1.165) is 50.8 Å². The maximum atomic E-state index is 13.2. The molecule has 1 atom stereocenters. The summed E-state index contributed by atoms with van der Waals surface area (Å²) in [5, 5.41) is 3.06. The molecule has 146 valence electrons. The van der Waals surface area contributed by atoms with Gasteiger partial charge in [-0.2, -0.15) is 0 Å². The minimum Gasteiger partial charge on any atom is -0.497 e. The number of nitrogens with zero attached hydrogens (tertiary/aromatic N) is 1. The molecule has 1 spiro atoms. The van der Waals surface area contributed by atoms with Crippen LogP contribution >= 0.6 is 0 Å². The van der Waals surface area contributed by atoms with Gasteiger partial charge in [0, 0.05) is 18.4 Å². The van der Waals surface area contributed by atoms with Crippen molar-refractivity contribution in [3.8, 4) is 5.75 Å². The van der Waals surface area contributed by atoms with Crippen molar-refractivity contribution in [3.05, 3.63) is 29.8 Å². The topological polar surface area (TPSA) is 63.1 Å². The van der Waals surface area contributed by atoms with Gasteiger partial charge in [0.15, 0.2) is 6.67 Å². The van der Waals surface area contributed by atoms with Crippen LogP contribution in [0.5, 0.6) is 5.75 Å². The number of quaternary nitrogens is 1. The fraction of sp³-hybridized carbons (Fsp3) is 0.619.